The molecule has 0 bridgehead atoms. The number of nitrogens with two attached hydrogens (primary N) is 1. The van der Waals surface area contributed by atoms with E-state index in [0.717, 1.165) is 12.0 Å². The molecule has 0 radical (unpaired) electrons. The number of nitrogen functional groups attached to an aromatic ring is 1. The molecule has 22 heavy (non-hydrogen) atoms. The Morgan fingerprint density at radius 3 is 2.64 bits per heavy atom. The van der Waals surface area contributed by atoms with E-state index in [1.54, 1.807) is 6.92 Å². The predicted molar refractivity (Wildman–Crippen MR) is 87.6 cm³/mol. The highest BCUT2D eigenvalue weighted by molar-refractivity contribution is 6.07. The van der Waals surface area contributed by atoms with Gasteiger partial charge in [-0.3, -0.25) is 4.98 Å². The number of pyridine rings is 1. The maximum absolute atomic E-state index is 11.5. The molecule has 0 spiro atoms. The Hall–Kier alpha value is -2.30. The maximum atomic E-state index is 11.5. The first kappa shape index (κ1) is 16.1. The monoisotopic (exact) mass is 302 g/mol. The van der Waals surface area contributed by atoms with Crippen molar-refractivity contribution in [3.05, 3.63) is 29.0 Å². The molecule has 0 aliphatic carbocycles. The number of fused-ring (bicyclic) bond motifs is 1. The Kier molecular flexibility index (Phi) is 4.54. The summed E-state index contributed by atoms with van der Waals surface area (Å²) >= 11 is 0. The third-order valence-electron chi connectivity index (χ3n) is 3.56. The Bertz CT molecular complexity index is 724. The molecular weight excluding hydrogens is 280 g/mol. The lowest BCUT2D eigenvalue weighted by Crippen LogP contribution is -2.11. The van der Waals surface area contributed by atoms with Gasteiger partial charge in [-0.1, -0.05) is 26.8 Å². The first-order valence-electron chi connectivity index (χ1n) is 7.44. The number of carboxylic acid groups (broad SMARTS) is 1. The lowest BCUT2D eigenvalue weighted by molar-refractivity contribution is 0.0697. The second kappa shape index (κ2) is 6.22. The van der Waals surface area contributed by atoms with Gasteiger partial charge in [-0.05, 0) is 30.9 Å². The van der Waals surface area contributed by atoms with Gasteiger partial charge in [0.2, 0.25) is 0 Å². The van der Waals surface area contributed by atoms with Crippen LogP contribution >= 0.6 is 0 Å². The zero-order valence-electron chi connectivity index (χ0n) is 13.4. The van der Waals surface area contributed by atoms with Gasteiger partial charge in [-0.25, -0.2) is 4.79 Å². The number of hydrogen-bond donors (Lipinski definition) is 2. The van der Waals surface area contributed by atoms with Crippen molar-refractivity contribution in [3.63, 3.8) is 0 Å². The average molecular weight is 302 g/mol. The first-order valence-corrected chi connectivity index (χ1v) is 7.44. The molecule has 5 nitrogen and oxygen atoms in total. The zero-order chi connectivity index (χ0) is 16.4. The average Bonchev–Trinajstić information content (AvgIpc) is 2.43. The number of ether oxygens (including phenoxy) is 1. The quantitative estimate of drug-likeness (QED) is 0.884. The molecule has 0 saturated carbocycles. The smallest absolute Gasteiger partial charge is 0.339 e. The van der Waals surface area contributed by atoms with Gasteiger partial charge in [-0.2, -0.15) is 0 Å². The number of benzene rings is 1. The van der Waals surface area contributed by atoms with Gasteiger partial charge < -0.3 is 15.6 Å². The summed E-state index contributed by atoms with van der Waals surface area (Å²) in [7, 11) is 0. The lowest BCUT2D eigenvalue weighted by Gasteiger charge is -2.17. The van der Waals surface area contributed by atoms with Crippen molar-refractivity contribution >= 4 is 22.6 Å². The number of hydrogen-bond acceptors (Lipinski definition) is 4. The Labute approximate surface area is 130 Å². The number of nitrogens with zero attached hydrogens (tertiary/aromatic N) is 1. The van der Waals surface area contributed by atoms with Crippen LogP contribution in [0.4, 0.5) is 5.69 Å². The van der Waals surface area contributed by atoms with E-state index in [4.69, 9.17) is 10.5 Å². The van der Waals surface area contributed by atoms with Crippen molar-refractivity contribution in [2.75, 3.05) is 12.3 Å². The molecule has 0 saturated heterocycles. The minimum absolute atomic E-state index is 0.0511. The molecule has 0 fully saturated rings. The van der Waals surface area contributed by atoms with Crippen LogP contribution in [0.15, 0.2) is 12.1 Å². The Morgan fingerprint density at radius 1 is 1.41 bits per heavy atom. The second-order valence-corrected chi connectivity index (χ2v) is 5.80. The molecule has 1 heterocycles. The highest BCUT2D eigenvalue weighted by Crippen LogP contribution is 2.36. The summed E-state index contributed by atoms with van der Waals surface area (Å²) in [5.41, 5.74) is 8.51. The summed E-state index contributed by atoms with van der Waals surface area (Å²) in [5.74, 6) is -0.0548. The summed E-state index contributed by atoms with van der Waals surface area (Å²) in [4.78, 5) is 15.8. The number of anilines is 1. The maximum Gasteiger partial charge on any atom is 0.339 e. The van der Waals surface area contributed by atoms with E-state index in [0.29, 0.717) is 34.9 Å². The lowest BCUT2D eigenvalue weighted by atomic mass is 10.0. The molecule has 2 rings (SSSR count). The highest BCUT2D eigenvalue weighted by Gasteiger charge is 2.20. The van der Waals surface area contributed by atoms with Gasteiger partial charge in [0.25, 0.3) is 0 Å². The standard InChI is InChI=1S/C17H22N2O3/c1-5-11-6-7-12-14(16(11)22-8-9(2)3)15(18)13(17(20)21)10(4)19-12/h6-7,9H,5,8H2,1-4H3,(H2,18,19)(H,20,21). The number of carbonyl (C=O) groups is 1. The number of aromatic carboxylic acids is 1. The largest absolute Gasteiger partial charge is 0.492 e. The van der Waals surface area contributed by atoms with Crippen LogP contribution in [0, 0.1) is 12.8 Å². The number of carboxylic acids is 1. The fourth-order valence-electron chi connectivity index (χ4n) is 2.49. The van der Waals surface area contributed by atoms with Gasteiger partial charge in [0.05, 0.1) is 28.9 Å². The van der Waals surface area contributed by atoms with Crippen LogP contribution < -0.4 is 10.5 Å². The fourth-order valence-corrected chi connectivity index (χ4v) is 2.49. The second-order valence-electron chi connectivity index (χ2n) is 5.80. The van der Waals surface area contributed by atoms with Crippen LogP contribution in [0.25, 0.3) is 10.9 Å². The summed E-state index contributed by atoms with van der Waals surface area (Å²) < 4.78 is 5.95. The van der Waals surface area contributed by atoms with Crippen LogP contribution in [-0.2, 0) is 6.42 Å². The topological polar surface area (TPSA) is 85.4 Å². The summed E-state index contributed by atoms with van der Waals surface area (Å²) in [6.45, 7) is 8.35. The van der Waals surface area contributed by atoms with E-state index < -0.39 is 5.97 Å². The third-order valence-corrected chi connectivity index (χ3v) is 3.56. The fraction of sp³-hybridized carbons (Fsp3) is 0.412. The predicted octanol–water partition coefficient (Wildman–Crippen LogP) is 3.42. The van der Waals surface area contributed by atoms with Crippen LogP contribution in [0.5, 0.6) is 5.75 Å². The van der Waals surface area contributed by atoms with Gasteiger partial charge in [0.1, 0.15) is 11.3 Å². The van der Waals surface area contributed by atoms with E-state index in [2.05, 4.69) is 18.8 Å². The van der Waals surface area contributed by atoms with Crippen molar-refractivity contribution in [1.29, 1.82) is 0 Å². The van der Waals surface area contributed by atoms with Crippen molar-refractivity contribution in [1.82, 2.24) is 4.98 Å². The van der Waals surface area contributed by atoms with Crippen molar-refractivity contribution in [2.45, 2.75) is 34.1 Å². The molecule has 3 N–H and O–H groups in total. The number of aryl methyl sites for hydroxylation is 2. The van der Waals surface area contributed by atoms with Gasteiger partial charge in [0.15, 0.2) is 0 Å². The zero-order valence-corrected chi connectivity index (χ0v) is 13.4. The molecule has 2 aromatic rings. The molecule has 0 atom stereocenters. The molecule has 5 heteroatoms. The number of aromatic nitrogens is 1. The van der Waals surface area contributed by atoms with Crippen molar-refractivity contribution in [3.8, 4) is 5.75 Å². The summed E-state index contributed by atoms with van der Waals surface area (Å²) in [6.07, 6.45) is 0.777. The molecule has 118 valence electrons. The van der Waals surface area contributed by atoms with Gasteiger partial charge in [0, 0.05) is 0 Å². The van der Waals surface area contributed by atoms with E-state index in [9.17, 15) is 9.90 Å². The SMILES string of the molecule is CCc1ccc2nc(C)c(C(=O)O)c(N)c2c1OCC(C)C. The first-order chi connectivity index (χ1) is 10.4. The molecule has 0 aliphatic heterocycles. The third kappa shape index (κ3) is 2.84. The van der Waals surface area contributed by atoms with Crippen LogP contribution in [0.1, 0.15) is 42.4 Å². The van der Waals surface area contributed by atoms with Crippen LogP contribution in [-0.4, -0.2) is 22.7 Å². The molecule has 1 aromatic carbocycles. The summed E-state index contributed by atoms with van der Waals surface area (Å²) in [5, 5.41) is 9.98. The van der Waals surface area contributed by atoms with Crippen molar-refractivity contribution in [2.24, 2.45) is 5.92 Å². The highest BCUT2D eigenvalue weighted by atomic mass is 16.5. The molecule has 1 aromatic heterocycles. The summed E-state index contributed by atoms with van der Waals surface area (Å²) in [6, 6.07) is 3.83. The van der Waals surface area contributed by atoms with E-state index in [1.165, 1.54) is 0 Å². The van der Waals surface area contributed by atoms with Gasteiger partial charge >= 0.3 is 5.97 Å². The molecular formula is C17H22N2O3. The van der Waals surface area contributed by atoms with E-state index >= 15 is 0 Å². The van der Waals surface area contributed by atoms with Crippen LogP contribution in [0.3, 0.4) is 0 Å². The van der Waals surface area contributed by atoms with Crippen LogP contribution in [0.2, 0.25) is 0 Å². The van der Waals surface area contributed by atoms with Crippen molar-refractivity contribution < 1.29 is 14.6 Å². The Morgan fingerprint density at radius 2 is 2.09 bits per heavy atom. The molecule has 0 aliphatic rings. The Balaban J connectivity index is 2.77. The minimum Gasteiger partial charge on any atom is -0.492 e. The normalized spacial score (nSPS) is 11.1. The van der Waals surface area contributed by atoms with E-state index in [1.807, 2.05) is 19.1 Å². The number of rotatable bonds is 5. The molecule has 0 amide bonds. The minimum atomic E-state index is -1.07. The van der Waals surface area contributed by atoms with Gasteiger partial charge in [-0.15, -0.1) is 0 Å². The van der Waals surface area contributed by atoms with E-state index in [-0.39, 0.29) is 11.3 Å². The molecule has 0 unspecified atom stereocenters.